The Kier molecular flexibility index (Phi) is 6.29. The standard InChI is InChI=1S/C22H31N5O/c1-15(2)21-23-17(4)14-20(25-21)27-11-9-26(10-12-27)18(5)22(28)24-19-8-6-7-16(3)13-19/h6-8,13-15,18H,9-12H2,1-5H3,(H,24,28). The number of anilines is 2. The molecular formula is C22H31N5O. The molecule has 1 aromatic carbocycles. The molecule has 2 aromatic rings. The van der Waals surface area contributed by atoms with Gasteiger partial charge in [0.2, 0.25) is 5.91 Å². The molecule has 1 aromatic heterocycles. The van der Waals surface area contributed by atoms with E-state index in [0.717, 1.165) is 54.8 Å². The third kappa shape index (κ3) is 4.87. The van der Waals surface area contributed by atoms with Crippen LogP contribution in [0.4, 0.5) is 11.5 Å². The van der Waals surface area contributed by atoms with Crippen molar-refractivity contribution in [2.24, 2.45) is 0 Å². The van der Waals surface area contributed by atoms with Gasteiger partial charge in [-0.2, -0.15) is 0 Å². The summed E-state index contributed by atoms with van der Waals surface area (Å²) in [6.45, 7) is 13.6. The first-order chi connectivity index (χ1) is 13.3. The number of carbonyl (C=O) groups excluding carboxylic acids is 1. The van der Waals surface area contributed by atoms with Gasteiger partial charge in [-0.1, -0.05) is 26.0 Å². The number of nitrogens with zero attached hydrogens (tertiary/aromatic N) is 4. The number of hydrogen-bond acceptors (Lipinski definition) is 5. The van der Waals surface area contributed by atoms with E-state index in [1.54, 1.807) is 0 Å². The number of carbonyl (C=O) groups is 1. The molecule has 0 saturated carbocycles. The second kappa shape index (κ2) is 8.69. The zero-order chi connectivity index (χ0) is 20.3. The van der Waals surface area contributed by atoms with Gasteiger partial charge in [0.25, 0.3) is 0 Å². The summed E-state index contributed by atoms with van der Waals surface area (Å²) in [6.07, 6.45) is 0. The first kappa shape index (κ1) is 20.3. The maximum Gasteiger partial charge on any atom is 0.241 e. The van der Waals surface area contributed by atoms with Crippen molar-refractivity contribution < 1.29 is 4.79 Å². The van der Waals surface area contributed by atoms with Crippen LogP contribution >= 0.6 is 0 Å². The lowest BCUT2D eigenvalue weighted by Gasteiger charge is -2.38. The summed E-state index contributed by atoms with van der Waals surface area (Å²) in [4.78, 5) is 26.5. The Bertz CT molecular complexity index is 827. The van der Waals surface area contributed by atoms with Crippen molar-refractivity contribution in [3.05, 3.63) is 47.4 Å². The molecule has 0 radical (unpaired) electrons. The van der Waals surface area contributed by atoms with Crippen molar-refractivity contribution in [2.75, 3.05) is 36.4 Å². The van der Waals surface area contributed by atoms with Crippen molar-refractivity contribution in [3.8, 4) is 0 Å². The van der Waals surface area contributed by atoms with Gasteiger partial charge in [0, 0.05) is 49.5 Å². The van der Waals surface area contributed by atoms with Crippen molar-refractivity contribution in [2.45, 2.75) is 46.6 Å². The molecule has 6 heteroatoms. The molecule has 1 amide bonds. The molecule has 1 atom stereocenters. The smallest absolute Gasteiger partial charge is 0.241 e. The molecule has 1 aliphatic heterocycles. The summed E-state index contributed by atoms with van der Waals surface area (Å²) in [5.41, 5.74) is 3.00. The van der Waals surface area contributed by atoms with Crippen molar-refractivity contribution in [1.82, 2.24) is 14.9 Å². The van der Waals surface area contributed by atoms with E-state index in [9.17, 15) is 4.79 Å². The minimum absolute atomic E-state index is 0.0408. The van der Waals surface area contributed by atoms with Crippen LogP contribution in [-0.2, 0) is 4.79 Å². The number of aryl methyl sites for hydroxylation is 2. The van der Waals surface area contributed by atoms with Crippen LogP contribution < -0.4 is 10.2 Å². The molecule has 28 heavy (non-hydrogen) atoms. The Labute approximate surface area is 168 Å². The Morgan fingerprint density at radius 3 is 2.39 bits per heavy atom. The fraction of sp³-hybridized carbons (Fsp3) is 0.500. The molecule has 2 heterocycles. The van der Waals surface area contributed by atoms with E-state index in [0.29, 0.717) is 5.92 Å². The lowest BCUT2D eigenvalue weighted by Crippen LogP contribution is -2.53. The molecule has 0 aliphatic carbocycles. The number of amides is 1. The van der Waals surface area contributed by atoms with Gasteiger partial charge in [-0.15, -0.1) is 0 Å². The summed E-state index contributed by atoms with van der Waals surface area (Å²) >= 11 is 0. The number of rotatable bonds is 5. The highest BCUT2D eigenvalue weighted by Gasteiger charge is 2.26. The minimum atomic E-state index is -0.166. The first-order valence-corrected chi connectivity index (χ1v) is 10.1. The summed E-state index contributed by atoms with van der Waals surface area (Å²) in [5, 5.41) is 3.04. The summed E-state index contributed by atoms with van der Waals surface area (Å²) in [6, 6.07) is 9.79. The van der Waals surface area contributed by atoms with Gasteiger partial charge < -0.3 is 10.2 Å². The average molecular weight is 382 g/mol. The zero-order valence-corrected chi connectivity index (χ0v) is 17.6. The Hall–Kier alpha value is -2.47. The van der Waals surface area contributed by atoms with Crippen LogP contribution in [0.1, 0.15) is 43.8 Å². The van der Waals surface area contributed by atoms with Gasteiger partial charge in [0.1, 0.15) is 11.6 Å². The van der Waals surface area contributed by atoms with Crippen LogP contribution in [0.2, 0.25) is 0 Å². The molecule has 1 saturated heterocycles. The predicted octanol–water partition coefficient (Wildman–Crippen LogP) is 3.37. The third-order valence-electron chi connectivity index (χ3n) is 5.23. The van der Waals surface area contributed by atoms with E-state index < -0.39 is 0 Å². The molecule has 1 unspecified atom stereocenters. The van der Waals surface area contributed by atoms with E-state index in [1.807, 2.05) is 45.0 Å². The second-order valence-corrected chi connectivity index (χ2v) is 7.94. The van der Waals surface area contributed by atoms with Crippen LogP contribution in [0.15, 0.2) is 30.3 Å². The lowest BCUT2D eigenvalue weighted by atomic mass is 10.2. The Morgan fingerprint density at radius 2 is 1.75 bits per heavy atom. The monoisotopic (exact) mass is 381 g/mol. The normalized spacial score (nSPS) is 16.3. The van der Waals surface area contributed by atoms with Crippen LogP contribution in [-0.4, -0.2) is 53.0 Å². The zero-order valence-electron chi connectivity index (χ0n) is 17.6. The minimum Gasteiger partial charge on any atom is -0.354 e. The maximum atomic E-state index is 12.7. The molecule has 0 bridgehead atoms. The van der Waals surface area contributed by atoms with Gasteiger partial charge in [-0.05, 0) is 38.5 Å². The number of nitrogens with one attached hydrogen (secondary N) is 1. The van der Waals surface area contributed by atoms with E-state index >= 15 is 0 Å². The maximum absolute atomic E-state index is 12.7. The molecule has 1 N–H and O–H groups in total. The molecule has 1 fully saturated rings. The average Bonchev–Trinajstić information content (AvgIpc) is 2.67. The van der Waals surface area contributed by atoms with Crippen molar-refractivity contribution >= 4 is 17.4 Å². The SMILES string of the molecule is Cc1cccc(NC(=O)C(C)N2CCN(c3cc(C)nc(C(C)C)n3)CC2)c1. The fourth-order valence-corrected chi connectivity index (χ4v) is 3.47. The van der Waals surface area contributed by atoms with Gasteiger partial charge in [-0.25, -0.2) is 9.97 Å². The van der Waals surface area contributed by atoms with E-state index in [-0.39, 0.29) is 11.9 Å². The Balaban J connectivity index is 1.59. The van der Waals surface area contributed by atoms with Crippen LogP contribution in [0, 0.1) is 13.8 Å². The molecule has 6 nitrogen and oxygen atoms in total. The van der Waals surface area contributed by atoms with Gasteiger partial charge >= 0.3 is 0 Å². The molecule has 150 valence electrons. The summed E-state index contributed by atoms with van der Waals surface area (Å²) in [7, 11) is 0. The highest BCUT2D eigenvalue weighted by Crippen LogP contribution is 2.20. The van der Waals surface area contributed by atoms with Crippen LogP contribution in [0.3, 0.4) is 0 Å². The highest BCUT2D eigenvalue weighted by molar-refractivity contribution is 5.94. The van der Waals surface area contributed by atoms with Crippen LogP contribution in [0.5, 0.6) is 0 Å². The van der Waals surface area contributed by atoms with Gasteiger partial charge in [0.15, 0.2) is 0 Å². The topological polar surface area (TPSA) is 61.4 Å². The van der Waals surface area contributed by atoms with Crippen molar-refractivity contribution in [3.63, 3.8) is 0 Å². The lowest BCUT2D eigenvalue weighted by molar-refractivity contribution is -0.120. The molecule has 0 spiro atoms. The number of aromatic nitrogens is 2. The second-order valence-electron chi connectivity index (χ2n) is 7.94. The molecule has 1 aliphatic rings. The fourth-order valence-electron chi connectivity index (χ4n) is 3.47. The summed E-state index contributed by atoms with van der Waals surface area (Å²) < 4.78 is 0. The van der Waals surface area contributed by atoms with E-state index in [1.165, 1.54) is 0 Å². The van der Waals surface area contributed by atoms with Gasteiger partial charge in [0.05, 0.1) is 6.04 Å². The molecular weight excluding hydrogens is 350 g/mol. The molecule has 3 rings (SSSR count). The van der Waals surface area contributed by atoms with Crippen molar-refractivity contribution in [1.29, 1.82) is 0 Å². The van der Waals surface area contributed by atoms with Gasteiger partial charge in [-0.3, -0.25) is 9.69 Å². The predicted molar refractivity (Wildman–Crippen MR) is 114 cm³/mol. The number of benzene rings is 1. The summed E-state index contributed by atoms with van der Waals surface area (Å²) in [5.74, 6) is 2.24. The largest absolute Gasteiger partial charge is 0.354 e. The van der Waals surface area contributed by atoms with E-state index in [2.05, 4.69) is 40.0 Å². The van der Waals surface area contributed by atoms with Crippen LogP contribution in [0.25, 0.3) is 0 Å². The number of piperazine rings is 1. The Morgan fingerprint density at radius 1 is 1.04 bits per heavy atom. The van der Waals surface area contributed by atoms with E-state index in [4.69, 9.17) is 4.98 Å². The number of hydrogen-bond donors (Lipinski definition) is 1. The quantitative estimate of drug-likeness (QED) is 0.860. The third-order valence-corrected chi connectivity index (χ3v) is 5.23. The first-order valence-electron chi connectivity index (χ1n) is 10.1. The highest BCUT2D eigenvalue weighted by atomic mass is 16.2.